The van der Waals surface area contributed by atoms with Gasteiger partial charge in [-0.25, -0.2) is 0 Å². The molecular weight excluding hydrogens is 256 g/mol. The Balaban J connectivity index is 1.86. The molecule has 3 rings (SSSR count). The van der Waals surface area contributed by atoms with Gasteiger partial charge in [-0.05, 0) is 36.5 Å². The average molecular weight is 282 g/mol. The lowest BCUT2D eigenvalue weighted by atomic mass is 9.57. The molecule has 20 heavy (non-hydrogen) atoms. The summed E-state index contributed by atoms with van der Waals surface area (Å²) < 4.78 is 16.9. The van der Waals surface area contributed by atoms with Crippen LogP contribution in [0.25, 0.3) is 0 Å². The molecule has 3 aliphatic rings. The quantitative estimate of drug-likeness (QED) is 0.694. The van der Waals surface area contributed by atoms with Crippen LogP contribution in [0, 0.1) is 29.6 Å². The molecule has 0 aromatic heterocycles. The van der Waals surface area contributed by atoms with Crippen LogP contribution in [-0.2, 0) is 19.0 Å². The highest BCUT2D eigenvalue weighted by Gasteiger charge is 2.54. The van der Waals surface area contributed by atoms with E-state index in [-0.39, 0.29) is 11.9 Å². The molecule has 0 bridgehead atoms. The van der Waals surface area contributed by atoms with Gasteiger partial charge >= 0.3 is 5.97 Å². The lowest BCUT2D eigenvalue weighted by Crippen LogP contribution is -2.51. The normalized spacial score (nSPS) is 43.2. The maximum absolute atomic E-state index is 12.2. The van der Waals surface area contributed by atoms with Gasteiger partial charge in [0.2, 0.25) is 0 Å². The second-order valence-corrected chi connectivity index (χ2v) is 6.92. The molecule has 4 nitrogen and oxygen atoms in total. The number of hydrogen-bond donors (Lipinski definition) is 0. The minimum atomic E-state index is -0.427. The summed E-state index contributed by atoms with van der Waals surface area (Å²) in [5.41, 5.74) is 0. The maximum Gasteiger partial charge on any atom is 0.309 e. The van der Waals surface area contributed by atoms with Crippen molar-refractivity contribution in [2.45, 2.75) is 45.3 Å². The maximum atomic E-state index is 12.2. The lowest BCUT2D eigenvalue weighted by Gasteiger charge is -2.51. The van der Waals surface area contributed by atoms with Crippen LogP contribution in [-0.4, -0.2) is 32.1 Å². The van der Waals surface area contributed by atoms with E-state index < -0.39 is 5.79 Å². The van der Waals surface area contributed by atoms with Gasteiger partial charge in [-0.15, -0.1) is 0 Å². The molecule has 0 amide bonds. The summed E-state index contributed by atoms with van der Waals surface area (Å²) in [6, 6.07) is 0. The van der Waals surface area contributed by atoms with E-state index in [1.54, 1.807) is 0 Å². The molecule has 1 spiro atoms. The monoisotopic (exact) mass is 282 g/mol. The Morgan fingerprint density at radius 2 is 1.75 bits per heavy atom. The molecule has 1 heterocycles. The highest BCUT2D eigenvalue weighted by molar-refractivity contribution is 5.73. The fourth-order valence-electron chi connectivity index (χ4n) is 4.88. The van der Waals surface area contributed by atoms with Crippen LogP contribution in [0.3, 0.4) is 0 Å². The number of ether oxygens (including phenoxy) is 3. The van der Waals surface area contributed by atoms with Gasteiger partial charge < -0.3 is 14.2 Å². The molecule has 1 saturated heterocycles. The Labute approximate surface area is 121 Å². The molecule has 2 saturated carbocycles. The topological polar surface area (TPSA) is 44.8 Å². The molecule has 0 aromatic carbocycles. The molecule has 0 radical (unpaired) electrons. The third kappa shape index (κ3) is 2.27. The summed E-state index contributed by atoms with van der Waals surface area (Å²) in [6.45, 7) is 5.83. The molecule has 0 aromatic rings. The first-order valence-electron chi connectivity index (χ1n) is 7.92. The van der Waals surface area contributed by atoms with Crippen LogP contribution in [0.5, 0.6) is 0 Å². The third-order valence-corrected chi connectivity index (χ3v) is 5.78. The highest BCUT2D eigenvalue weighted by Crippen LogP contribution is 2.53. The van der Waals surface area contributed by atoms with Gasteiger partial charge in [-0.3, -0.25) is 4.79 Å². The summed E-state index contributed by atoms with van der Waals surface area (Å²) in [4.78, 5) is 12.2. The molecular formula is C16H26O4. The zero-order chi connectivity index (χ0) is 14.3. The smallest absolute Gasteiger partial charge is 0.309 e. The number of rotatable bonds is 1. The van der Waals surface area contributed by atoms with Gasteiger partial charge in [-0.2, -0.15) is 0 Å². The van der Waals surface area contributed by atoms with E-state index >= 15 is 0 Å². The van der Waals surface area contributed by atoms with E-state index in [1.165, 1.54) is 13.5 Å². The molecule has 114 valence electrons. The fraction of sp³-hybridized carbons (Fsp3) is 0.938. The zero-order valence-corrected chi connectivity index (χ0v) is 12.8. The second kappa shape index (κ2) is 5.30. The molecule has 2 aliphatic carbocycles. The molecule has 1 aliphatic heterocycles. The van der Waals surface area contributed by atoms with Crippen LogP contribution in [0.2, 0.25) is 0 Å². The number of fused-ring (bicyclic) bond motifs is 1. The van der Waals surface area contributed by atoms with Gasteiger partial charge in [0.05, 0.1) is 26.2 Å². The number of methoxy groups -OCH3 is 1. The fourth-order valence-corrected chi connectivity index (χ4v) is 4.88. The first kappa shape index (κ1) is 14.3. The Bertz CT molecular complexity index is 375. The molecule has 3 fully saturated rings. The lowest BCUT2D eigenvalue weighted by molar-refractivity contribution is -0.220. The van der Waals surface area contributed by atoms with E-state index in [0.717, 1.165) is 19.3 Å². The van der Waals surface area contributed by atoms with Crippen LogP contribution in [0.1, 0.15) is 39.5 Å². The number of carbonyl (C=O) groups excluding carboxylic acids is 1. The van der Waals surface area contributed by atoms with Crippen molar-refractivity contribution in [1.29, 1.82) is 0 Å². The van der Waals surface area contributed by atoms with E-state index in [0.29, 0.717) is 36.9 Å². The Morgan fingerprint density at radius 1 is 1.05 bits per heavy atom. The first-order valence-corrected chi connectivity index (χ1v) is 7.92. The minimum absolute atomic E-state index is 0.00572. The van der Waals surface area contributed by atoms with Crippen molar-refractivity contribution >= 4 is 5.97 Å². The van der Waals surface area contributed by atoms with Crippen LogP contribution in [0.4, 0.5) is 0 Å². The Hall–Kier alpha value is -0.610. The Kier molecular flexibility index (Phi) is 3.80. The van der Waals surface area contributed by atoms with Crippen molar-refractivity contribution in [3.05, 3.63) is 0 Å². The van der Waals surface area contributed by atoms with Crippen molar-refractivity contribution in [3.63, 3.8) is 0 Å². The first-order chi connectivity index (χ1) is 9.56. The predicted octanol–water partition coefficient (Wildman–Crippen LogP) is 2.61. The van der Waals surface area contributed by atoms with Gasteiger partial charge in [0, 0.05) is 12.8 Å². The molecule has 4 heteroatoms. The molecule has 0 unspecified atom stereocenters. The number of esters is 1. The molecule has 5 atom stereocenters. The van der Waals surface area contributed by atoms with Crippen LogP contribution in [0.15, 0.2) is 0 Å². The van der Waals surface area contributed by atoms with Crippen molar-refractivity contribution in [2.24, 2.45) is 29.6 Å². The highest BCUT2D eigenvalue weighted by atomic mass is 16.7. The molecule has 0 N–H and O–H groups in total. The number of hydrogen-bond acceptors (Lipinski definition) is 4. The summed E-state index contributed by atoms with van der Waals surface area (Å²) in [5, 5.41) is 0. The van der Waals surface area contributed by atoms with E-state index in [2.05, 4.69) is 13.8 Å². The number of carbonyl (C=O) groups is 1. The summed E-state index contributed by atoms with van der Waals surface area (Å²) in [7, 11) is 1.50. The summed E-state index contributed by atoms with van der Waals surface area (Å²) >= 11 is 0. The van der Waals surface area contributed by atoms with Crippen LogP contribution >= 0.6 is 0 Å². The zero-order valence-electron chi connectivity index (χ0n) is 12.8. The van der Waals surface area contributed by atoms with E-state index in [9.17, 15) is 4.79 Å². The van der Waals surface area contributed by atoms with Crippen molar-refractivity contribution in [3.8, 4) is 0 Å². The minimum Gasteiger partial charge on any atom is -0.469 e. The summed E-state index contributed by atoms with van der Waals surface area (Å²) in [6.07, 6.45) is 4.17. The van der Waals surface area contributed by atoms with Crippen LogP contribution < -0.4 is 0 Å². The van der Waals surface area contributed by atoms with Crippen molar-refractivity contribution in [2.75, 3.05) is 20.3 Å². The van der Waals surface area contributed by atoms with Gasteiger partial charge in [0.1, 0.15) is 0 Å². The SMILES string of the molecule is COC(=O)[C@H]1[C@H]2CC3(C[C@@H](C)[C@H]2CC[C@H]1C)OCCO3. The van der Waals surface area contributed by atoms with Crippen molar-refractivity contribution in [1.82, 2.24) is 0 Å². The summed E-state index contributed by atoms with van der Waals surface area (Å²) in [5.74, 6) is 1.42. The largest absolute Gasteiger partial charge is 0.469 e. The predicted molar refractivity (Wildman–Crippen MR) is 73.9 cm³/mol. The van der Waals surface area contributed by atoms with Gasteiger partial charge in [0.25, 0.3) is 0 Å². The average Bonchev–Trinajstić information content (AvgIpc) is 2.85. The van der Waals surface area contributed by atoms with Gasteiger partial charge in [-0.1, -0.05) is 13.8 Å². The Morgan fingerprint density at radius 3 is 2.40 bits per heavy atom. The van der Waals surface area contributed by atoms with E-state index in [4.69, 9.17) is 14.2 Å². The van der Waals surface area contributed by atoms with E-state index in [1.807, 2.05) is 0 Å². The second-order valence-electron chi connectivity index (χ2n) is 6.92. The standard InChI is InChI=1S/C16H26O4/c1-10-4-5-12-11(2)8-16(19-6-7-20-16)9-13(12)14(10)15(17)18-3/h10-14H,4-9H2,1-3H3/t10-,11-,12-,13+,14-/m1/s1. The van der Waals surface area contributed by atoms with Gasteiger partial charge in [0.15, 0.2) is 5.79 Å². The third-order valence-electron chi connectivity index (χ3n) is 5.78. The van der Waals surface area contributed by atoms with Crippen molar-refractivity contribution < 1.29 is 19.0 Å².